The van der Waals surface area contributed by atoms with Gasteiger partial charge in [-0.1, -0.05) is 26.0 Å². The van der Waals surface area contributed by atoms with E-state index in [9.17, 15) is 4.39 Å². The minimum absolute atomic E-state index is 0.262. The van der Waals surface area contributed by atoms with Crippen molar-refractivity contribution in [1.29, 1.82) is 0 Å². The molecular weight excluding hydrogens is 323 g/mol. The first kappa shape index (κ1) is 15.1. The first-order valence-electron chi connectivity index (χ1n) is 6.58. The fourth-order valence-electron chi connectivity index (χ4n) is 1.86. The van der Waals surface area contributed by atoms with Crippen molar-refractivity contribution in [3.63, 3.8) is 0 Å². The lowest BCUT2D eigenvalue weighted by molar-refractivity contribution is 0.522. The molecule has 0 aliphatic carbocycles. The smallest absolute Gasteiger partial charge is 0.141 e. The lowest BCUT2D eigenvalue weighted by atomic mass is 10.2. The van der Waals surface area contributed by atoms with E-state index in [1.165, 1.54) is 12.4 Å². The van der Waals surface area contributed by atoms with Gasteiger partial charge in [-0.2, -0.15) is 5.10 Å². The van der Waals surface area contributed by atoms with Gasteiger partial charge in [0.1, 0.15) is 18.0 Å². The molecule has 1 aromatic carbocycles. The molecule has 0 fully saturated rings. The summed E-state index contributed by atoms with van der Waals surface area (Å²) in [4.78, 5) is 4.24. The van der Waals surface area contributed by atoms with Crippen LogP contribution in [0.4, 0.5) is 4.39 Å². The van der Waals surface area contributed by atoms with Crippen molar-refractivity contribution in [3.8, 4) is 0 Å². The number of rotatable bonds is 6. The minimum atomic E-state index is -0.262. The number of halogens is 2. The number of benzene rings is 1. The van der Waals surface area contributed by atoms with E-state index in [2.05, 4.69) is 45.2 Å². The molecule has 1 heterocycles. The van der Waals surface area contributed by atoms with Gasteiger partial charge in [0.15, 0.2) is 0 Å². The summed E-state index contributed by atoms with van der Waals surface area (Å²) in [5.41, 5.74) is 0.848. The summed E-state index contributed by atoms with van der Waals surface area (Å²) < 4.78 is 15.8. The van der Waals surface area contributed by atoms with Crippen LogP contribution in [0.1, 0.15) is 25.2 Å². The summed E-state index contributed by atoms with van der Waals surface area (Å²) in [7, 11) is 0. The summed E-state index contributed by atoms with van der Waals surface area (Å²) in [5.74, 6) is 1.17. The number of aromatic nitrogens is 3. The Morgan fingerprint density at radius 1 is 1.40 bits per heavy atom. The number of nitrogens with zero attached hydrogens (tertiary/aromatic N) is 3. The zero-order valence-corrected chi connectivity index (χ0v) is 13.2. The fraction of sp³-hybridized carbons (Fsp3) is 0.429. The molecule has 0 saturated heterocycles. The Bertz CT molecular complexity index is 568. The average molecular weight is 341 g/mol. The second kappa shape index (κ2) is 6.95. The van der Waals surface area contributed by atoms with E-state index < -0.39 is 0 Å². The zero-order valence-electron chi connectivity index (χ0n) is 11.6. The van der Waals surface area contributed by atoms with Crippen molar-refractivity contribution in [2.45, 2.75) is 26.9 Å². The molecule has 20 heavy (non-hydrogen) atoms. The van der Waals surface area contributed by atoms with Crippen LogP contribution in [0.2, 0.25) is 0 Å². The molecule has 1 N–H and O–H groups in total. The lowest BCUT2D eigenvalue weighted by Gasteiger charge is -2.10. The highest BCUT2D eigenvalue weighted by Crippen LogP contribution is 2.21. The maximum atomic E-state index is 13.5. The lowest BCUT2D eigenvalue weighted by Crippen LogP contribution is -2.22. The van der Waals surface area contributed by atoms with Gasteiger partial charge in [-0.05, 0) is 40.0 Å². The molecule has 0 amide bonds. The van der Waals surface area contributed by atoms with E-state index in [0.717, 1.165) is 17.9 Å². The molecule has 2 rings (SSSR count). The molecule has 4 nitrogen and oxygen atoms in total. The molecule has 108 valence electrons. The van der Waals surface area contributed by atoms with E-state index >= 15 is 0 Å². The second-order valence-electron chi connectivity index (χ2n) is 5.07. The van der Waals surface area contributed by atoms with Crippen LogP contribution in [0.3, 0.4) is 0 Å². The van der Waals surface area contributed by atoms with Crippen molar-refractivity contribution in [2.75, 3.05) is 6.54 Å². The van der Waals surface area contributed by atoms with Crippen LogP contribution in [0, 0.1) is 11.7 Å². The number of hydrogen-bond acceptors (Lipinski definition) is 3. The summed E-state index contributed by atoms with van der Waals surface area (Å²) in [6.07, 6.45) is 1.53. The van der Waals surface area contributed by atoms with E-state index in [1.807, 2.05) is 6.07 Å². The molecular formula is C14H18BrFN4. The second-order valence-corrected chi connectivity index (χ2v) is 5.86. The third kappa shape index (κ3) is 3.86. The molecule has 0 saturated carbocycles. The van der Waals surface area contributed by atoms with Crippen LogP contribution in [0.15, 0.2) is 29.0 Å². The molecule has 0 aliphatic heterocycles. The predicted molar refractivity (Wildman–Crippen MR) is 79.8 cm³/mol. The van der Waals surface area contributed by atoms with E-state index in [-0.39, 0.29) is 5.82 Å². The van der Waals surface area contributed by atoms with Gasteiger partial charge in [0.05, 0.1) is 17.6 Å². The Labute approximate surface area is 126 Å². The van der Waals surface area contributed by atoms with Crippen LogP contribution in [0.25, 0.3) is 0 Å². The van der Waals surface area contributed by atoms with E-state index in [4.69, 9.17) is 0 Å². The first-order valence-corrected chi connectivity index (χ1v) is 7.37. The van der Waals surface area contributed by atoms with E-state index in [0.29, 0.717) is 23.5 Å². The third-order valence-electron chi connectivity index (χ3n) is 2.88. The van der Waals surface area contributed by atoms with Crippen molar-refractivity contribution in [3.05, 3.63) is 46.2 Å². The summed E-state index contributed by atoms with van der Waals surface area (Å²) in [6, 6.07) is 5.00. The topological polar surface area (TPSA) is 42.7 Å². The maximum Gasteiger partial charge on any atom is 0.141 e. The normalized spacial score (nSPS) is 11.2. The first-order chi connectivity index (χ1) is 9.58. The highest BCUT2D eigenvalue weighted by atomic mass is 79.9. The third-order valence-corrected chi connectivity index (χ3v) is 3.77. The zero-order chi connectivity index (χ0) is 14.5. The van der Waals surface area contributed by atoms with Crippen molar-refractivity contribution >= 4 is 15.9 Å². The Morgan fingerprint density at radius 3 is 2.95 bits per heavy atom. The van der Waals surface area contributed by atoms with Gasteiger partial charge in [0.2, 0.25) is 0 Å². The molecule has 0 radical (unpaired) electrons. The van der Waals surface area contributed by atoms with Gasteiger partial charge in [-0.3, -0.25) is 0 Å². The highest BCUT2D eigenvalue weighted by Gasteiger charge is 2.09. The van der Waals surface area contributed by atoms with Gasteiger partial charge < -0.3 is 5.32 Å². The number of nitrogens with one attached hydrogen (secondary N) is 1. The largest absolute Gasteiger partial charge is 0.310 e. The quantitative estimate of drug-likeness (QED) is 0.878. The molecule has 0 bridgehead atoms. The molecule has 1 aromatic heterocycles. The standard InChI is InChI=1S/C14H18BrFN4/c1-10(2)6-17-7-13-18-9-19-20(13)8-11-4-3-5-12(16)14(11)15/h3-5,9-10,17H,6-8H2,1-2H3. The van der Waals surface area contributed by atoms with Crippen LogP contribution in [-0.2, 0) is 13.1 Å². The van der Waals surface area contributed by atoms with Gasteiger partial charge in [0.25, 0.3) is 0 Å². The Hall–Kier alpha value is -1.27. The summed E-state index contributed by atoms with van der Waals surface area (Å²) in [5, 5.41) is 7.53. The van der Waals surface area contributed by atoms with Gasteiger partial charge in [-0.15, -0.1) is 0 Å². The van der Waals surface area contributed by atoms with Crippen LogP contribution in [-0.4, -0.2) is 21.3 Å². The fourth-order valence-corrected chi connectivity index (χ4v) is 2.25. The van der Waals surface area contributed by atoms with Crippen LogP contribution >= 0.6 is 15.9 Å². The molecule has 0 spiro atoms. The van der Waals surface area contributed by atoms with Crippen molar-refractivity contribution in [1.82, 2.24) is 20.1 Å². The van der Waals surface area contributed by atoms with E-state index in [1.54, 1.807) is 10.7 Å². The Kier molecular flexibility index (Phi) is 5.25. The van der Waals surface area contributed by atoms with Crippen LogP contribution < -0.4 is 5.32 Å². The van der Waals surface area contributed by atoms with Crippen molar-refractivity contribution < 1.29 is 4.39 Å². The Morgan fingerprint density at radius 2 is 2.20 bits per heavy atom. The molecule has 2 aromatic rings. The Balaban J connectivity index is 2.06. The molecule has 6 heteroatoms. The van der Waals surface area contributed by atoms with Gasteiger partial charge in [-0.25, -0.2) is 14.1 Å². The predicted octanol–water partition coefficient (Wildman–Crippen LogP) is 2.97. The molecule has 0 aliphatic rings. The average Bonchev–Trinajstić information content (AvgIpc) is 2.82. The molecule has 0 atom stereocenters. The van der Waals surface area contributed by atoms with Crippen molar-refractivity contribution in [2.24, 2.45) is 5.92 Å². The monoisotopic (exact) mass is 340 g/mol. The summed E-state index contributed by atoms with van der Waals surface area (Å²) >= 11 is 3.27. The molecule has 0 unspecified atom stereocenters. The van der Waals surface area contributed by atoms with Gasteiger partial charge >= 0.3 is 0 Å². The maximum absolute atomic E-state index is 13.5. The SMILES string of the molecule is CC(C)CNCc1ncnn1Cc1cccc(F)c1Br. The summed E-state index contributed by atoms with van der Waals surface area (Å²) in [6.45, 7) is 6.39. The number of hydrogen-bond donors (Lipinski definition) is 1. The van der Waals surface area contributed by atoms with Crippen LogP contribution in [0.5, 0.6) is 0 Å². The highest BCUT2D eigenvalue weighted by molar-refractivity contribution is 9.10. The minimum Gasteiger partial charge on any atom is -0.310 e. The van der Waals surface area contributed by atoms with Gasteiger partial charge in [0, 0.05) is 0 Å².